The maximum atomic E-state index is 13.3. The smallest absolute Gasteiger partial charge is 0.278 e. The number of nitrogens with one attached hydrogen (secondary N) is 1. The fourth-order valence-electron chi connectivity index (χ4n) is 5.15. The first-order valence-corrected chi connectivity index (χ1v) is 13.1. The van der Waals surface area contributed by atoms with Gasteiger partial charge in [0.2, 0.25) is 5.43 Å². The molecule has 0 saturated carbocycles. The van der Waals surface area contributed by atoms with E-state index in [9.17, 15) is 14.7 Å². The van der Waals surface area contributed by atoms with Crippen molar-refractivity contribution in [2.24, 2.45) is 0 Å². The standard InChI is InChI=1S/C27H27N3O4S/c31-23-15-22(30-25(26(23)32)27(33)29-9-10-34-16-24(29)28-30)21-8-7-17-4-1-2-11-35-20-6-3-5-18(14-20)13-19(21)12-17/h3,5-8,12,14-15,24,28,32H,1-2,4,9-11,13,16H2/t24-/m0/s1. The first kappa shape index (κ1) is 22.2. The number of ether oxygens (including phenoxy) is 1. The van der Waals surface area contributed by atoms with E-state index in [1.807, 2.05) is 17.8 Å². The summed E-state index contributed by atoms with van der Waals surface area (Å²) in [4.78, 5) is 29.0. The number of morpholine rings is 1. The predicted octanol–water partition coefficient (Wildman–Crippen LogP) is 3.60. The van der Waals surface area contributed by atoms with E-state index in [2.05, 4.69) is 41.8 Å². The molecule has 0 unspecified atom stereocenters. The first-order valence-electron chi connectivity index (χ1n) is 12.1. The van der Waals surface area contributed by atoms with Gasteiger partial charge in [0, 0.05) is 23.1 Å². The highest BCUT2D eigenvalue weighted by atomic mass is 32.2. The number of aromatic hydroxyl groups is 1. The second-order valence-corrected chi connectivity index (χ2v) is 10.4. The number of nitrogens with zero attached hydrogens (tertiary/aromatic N) is 2. The molecule has 0 spiro atoms. The molecule has 180 valence electrons. The molecule has 1 amide bonds. The van der Waals surface area contributed by atoms with Crippen LogP contribution in [-0.2, 0) is 17.6 Å². The number of benzene rings is 2. The van der Waals surface area contributed by atoms with Gasteiger partial charge in [0.1, 0.15) is 6.17 Å². The van der Waals surface area contributed by atoms with Crippen LogP contribution in [0.4, 0.5) is 0 Å². The third-order valence-electron chi connectivity index (χ3n) is 6.93. The quantitative estimate of drug-likeness (QED) is 0.544. The van der Waals surface area contributed by atoms with Crippen LogP contribution in [0.1, 0.15) is 40.0 Å². The zero-order chi connectivity index (χ0) is 23.9. The minimum Gasteiger partial charge on any atom is -0.502 e. The average molecular weight is 490 g/mol. The summed E-state index contributed by atoms with van der Waals surface area (Å²) in [6.07, 6.45) is 3.61. The summed E-state index contributed by atoms with van der Waals surface area (Å²) in [6, 6.07) is 16.4. The van der Waals surface area contributed by atoms with Crippen molar-refractivity contribution in [3.63, 3.8) is 0 Å². The van der Waals surface area contributed by atoms with Gasteiger partial charge in [-0.2, -0.15) is 0 Å². The van der Waals surface area contributed by atoms with Crippen molar-refractivity contribution < 1.29 is 14.6 Å². The van der Waals surface area contributed by atoms with E-state index < -0.39 is 11.2 Å². The molecule has 35 heavy (non-hydrogen) atoms. The number of carbonyl (C=O) groups excluding carboxylic acids is 1. The van der Waals surface area contributed by atoms with Crippen molar-refractivity contribution in [1.29, 1.82) is 0 Å². The summed E-state index contributed by atoms with van der Waals surface area (Å²) >= 11 is 1.89. The molecule has 3 aromatic rings. The zero-order valence-electron chi connectivity index (χ0n) is 19.3. The van der Waals surface area contributed by atoms with Gasteiger partial charge in [-0.05, 0) is 60.3 Å². The van der Waals surface area contributed by atoms with Gasteiger partial charge in [0.25, 0.3) is 5.91 Å². The van der Waals surface area contributed by atoms with E-state index >= 15 is 0 Å². The maximum Gasteiger partial charge on any atom is 0.278 e. The van der Waals surface area contributed by atoms with E-state index in [0.717, 1.165) is 36.1 Å². The Morgan fingerprint density at radius 1 is 1.06 bits per heavy atom. The Morgan fingerprint density at radius 2 is 1.97 bits per heavy atom. The van der Waals surface area contributed by atoms with Crippen LogP contribution in [0.5, 0.6) is 5.75 Å². The molecule has 2 aromatic carbocycles. The largest absolute Gasteiger partial charge is 0.502 e. The Balaban J connectivity index is 1.51. The lowest BCUT2D eigenvalue weighted by molar-refractivity contribution is -0.00300. The molecule has 4 heterocycles. The minimum atomic E-state index is -0.559. The fraction of sp³-hybridized carbons (Fsp3) is 0.333. The highest BCUT2D eigenvalue weighted by Crippen LogP contribution is 2.33. The summed E-state index contributed by atoms with van der Waals surface area (Å²) < 4.78 is 7.16. The number of rotatable bonds is 1. The number of thioether (sulfide) groups is 1. The number of aryl methyl sites for hydroxylation is 1. The van der Waals surface area contributed by atoms with E-state index in [0.29, 0.717) is 31.9 Å². The van der Waals surface area contributed by atoms with Crippen LogP contribution in [-0.4, -0.2) is 52.3 Å². The summed E-state index contributed by atoms with van der Waals surface area (Å²) in [5.41, 5.74) is 7.73. The molecule has 0 aliphatic carbocycles. The second-order valence-electron chi connectivity index (χ2n) is 9.27. The number of aromatic nitrogens is 1. The number of fused-ring (bicyclic) bond motifs is 6. The summed E-state index contributed by atoms with van der Waals surface area (Å²) in [6.45, 7) is 1.17. The molecule has 1 saturated heterocycles. The van der Waals surface area contributed by atoms with Crippen molar-refractivity contribution in [1.82, 2.24) is 9.58 Å². The number of pyridine rings is 1. The van der Waals surface area contributed by atoms with Crippen LogP contribution in [0.25, 0.3) is 11.3 Å². The topological polar surface area (TPSA) is 83.8 Å². The molecule has 1 fully saturated rings. The molecular weight excluding hydrogens is 462 g/mol. The van der Waals surface area contributed by atoms with E-state index in [-0.39, 0.29) is 17.8 Å². The average Bonchev–Trinajstić information content (AvgIpc) is 2.86. The molecule has 1 aromatic heterocycles. The summed E-state index contributed by atoms with van der Waals surface area (Å²) in [5, 5.41) is 10.6. The lowest BCUT2D eigenvalue weighted by Gasteiger charge is -2.42. The monoisotopic (exact) mass is 489 g/mol. The normalized spacial score (nSPS) is 19.6. The summed E-state index contributed by atoms with van der Waals surface area (Å²) in [7, 11) is 0. The Kier molecular flexibility index (Phi) is 5.78. The third kappa shape index (κ3) is 4.10. The van der Waals surface area contributed by atoms with Crippen molar-refractivity contribution in [3.05, 3.63) is 81.1 Å². The van der Waals surface area contributed by atoms with Crippen LogP contribution in [0, 0.1) is 0 Å². The van der Waals surface area contributed by atoms with Crippen LogP contribution < -0.4 is 10.9 Å². The van der Waals surface area contributed by atoms with Gasteiger partial charge >= 0.3 is 0 Å². The molecule has 2 N–H and O–H groups in total. The SMILES string of the molecule is O=C1c2c(O)c(=O)cc(-c3ccc4cc3Cc3cccc(c3)SCCCC4)n2N[C@@H]2COCCN12. The second kappa shape index (κ2) is 9.09. The molecule has 0 radical (unpaired) electrons. The number of carbonyl (C=O) groups is 1. The van der Waals surface area contributed by atoms with Gasteiger partial charge in [-0.25, -0.2) is 4.68 Å². The Labute approximate surface area is 207 Å². The Bertz CT molecular complexity index is 1370. The van der Waals surface area contributed by atoms with E-state index in [1.54, 1.807) is 9.58 Å². The van der Waals surface area contributed by atoms with Gasteiger partial charge in [0.15, 0.2) is 11.4 Å². The van der Waals surface area contributed by atoms with Crippen molar-refractivity contribution in [2.45, 2.75) is 36.7 Å². The third-order valence-corrected chi connectivity index (χ3v) is 8.01. The van der Waals surface area contributed by atoms with Gasteiger partial charge < -0.3 is 20.2 Å². The lowest BCUT2D eigenvalue weighted by Crippen LogP contribution is -2.59. The van der Waals surface area contributed by atoms with Crippen molar-refractivity contribution >= 4 is 17.7 Å². The van der Waals surface area contributed by atoms with Crippen LogP contribution in [0.15, 0.2) is 58.2 Å². The highest BCUT2D eigenvalue weighted by Gasteiger charge is 2.38. The van der Waals surface area contributed by atoms with Gasteiger partial charge in [0.05, 0.1) is 18.9 Å². The van der Waals surface area contributed by atoms with Gasteiger partial charge in [-0.1, -0.05) is 30.3 Å². The molecule has 3 aliphatic rings. The van der Waals surface area contributed by atoms with Gasteiger partial charge in [-0.15, -0.1) is 11.8 Å². The minimum absolute atomic E-state index is 0.0199. The molecule has 4 bridgehead atoms. The number of hydrogen-bond acceptors (Lipinski definition) is 6. The Hall–Kier alpha value is -3.23. The van der Waals surface area contributed by atoms with Crippen LogP contribution >= 0.6 is 11.8 Å². The lowest BCUT2D eigenvalue weighted by atomic mass is 9.93. The summed E-state index contributed by atoms with van der Waals surface area (Å²) in [5.74, 6) is 0.221. The Morgan fingerprint density at radius 3 is 2.89 bits per heavy atom. The number of amides is 1. The molecule has 7 nitrogen and oxygen atoms in total. The van der Waals surface area contributed by atoms with E-state index in [4.69, 9.17) is 4.74 Å². The van der Waals surface area contributed by atoms with Crippen LogP contribution in [0.3, 0.4) is 0 Å². The fourth-order valence-corrected chi connectivity index (χ4v) is 6.15. The zero-order valence-corrected chi connectivity index (χ0v) is 20.1. The van der Waals surface area contributed by atoms with Crippen molar-refractivity contribution in [3.8, 4) is 17.0 Å². The number of hydrogen-bond donors (Lipinski definition) is 2. The van der Waals surface area contributed by atoms with Crippen molar-refractivity contribution in [2.75, 3.05) is 30.9 Å². The first-order chi connectivity index (χ1) is 17.1. The van der Waals surface area contributed by atoms with Gasteiger partial charge in [-0.3, -0.25) is 9.59 Å². The van der Waals surface area contributed by atoms with Crippen LogP contribution in [0.2, 0.25) is 0 Å². The maximum absolute atomic E-state index is 13.3. The van der Waals surface area contributed by atoms with E-state index in [1.165, 1.54) is 22.1 Å². The molecule has 3 aliphatic heterocycles. The molecular formula is C27H27N3O4S. The highest BCUT2D eigenvalue weighted by molar-refractivity contribution is 7.99. The predicted molar refractivity (Wildman–Crippen MR) is 136 cm³/mol. The molecule has 1 atom stereocenters. The molecule has 8 heteroatoms. The molecule has 6 rings (SSSR count).